The number of carbonyl (C=O) groups excluding carboxylic acids is 1. The molecule has 0 aliphatic heterocycles. The number of rotatable bonds is 5. The molecule has 0 fully saturated rings. The van der Waals surface area contributed by atoms with Gasteiger partial charge in [0.2, 0.25) is 0 Å². The van der Waals surface area contributed by atoms with Gasteiger partial charge in [0, 0.05) is 17.9 Å². The van der Waals surface area contributed by atoms with Crippen LogP contribution in [-0.2, 0) is 16.5 Å². The van der Waals surface area contributed by atoms with Crippen LogP contribution in [0, 0.1) is 10.1 Å². The van der Waals surface area contributed by atoms with Crippen LogP contribution in [-0.4, -0.2) is 26.8 Å². The van der Waals surface area contributed by atoms with E-state index in [1.54, 1.807) is 13.8 Å². The van der Waals surface area contributed by atoms with Gasteiger partial charge in [-0.25, -0.2) is 4.79 Å². The highest BCUT2D eigenvalue weighted by Crippen LogP contribution is 2.41. The second-order valence-electron chi connectivity index (χ2n) is 3.97. The number of nitro groups is 1. The van der Waals surface area contributed by atoms with Gasteiger partial charge >= 0.3 is 12.7 Å². The number of carbonyl (C=O) groups is 1. The van der Waals surface area contributed by atoms with Crippen molar-refractivity contribution in [2.45, 2.75) is 20.0 Å². The van der Waals surface area contributed by atoms with E-state index in [0.717, 1.165) is 18.2 Å². The van der Waals surface area contributed by atoms with Crippen molar-refractivity contribution >= 4 is 30.2 Å². The van der Waals surface area contributed by atoms with Gasteiger partial charge in [0.15, 0.2) is 5.75 Å². The Morgan fingerprint density at radius 3 is 2.50 bits per heavy atom. The first-order valence-corrected chi connectivity index (χ1v) is 7.97. The predicted octanol–water partition coefficient (Wildman–Crippen LogP) is 1.75. The van der Waals surface area contributed by atoms with Gasteiger partial charge in [-0.1, -0.05) is 0 Å². The van der Waals surface area contributed by atoms with E-state index < -0.39 is 29.5 Å². The monoisotopic (exact) mass is 321 g/mol. The van der Waals surface area contributed by atoms with E-state index >= 15 is 0 Å². The van der Waals surface area contributed by atoms with Crippen molar-refractivity contribution < 1.29 is 28.8 Å². The fraction of sp³-hybridized carbons (Fsp3) is 0.300. The number of nitro benzene ring substituents is 1. The molecular weight excluding hydrogens is 309 g/mol. The molecule has 0 amide bonds. The Bertz CT molecular complexity index is 583. The molecule has 0 aromatic heterocycles. The smallest absolute Gasteiger partial charge is 0.375 e. The van der Waals surface area contributed by atoms with Gasteiger partial charge in [-0.15, -0.1) is 0 Å². The summed E-state index contributed by atoms with van der Waals surface area (Å²) in [6.07, 6.45) is -0.420. The second kappa shape index (κ2) is 6.27. The molecule has 0 atom stereocenters. The van der Waals surface area contributed by atoms with Crippen molar-refractivity contribution in [3.8, 4) is 5.75 Å². The van der Waals surface area contributed by atoms with E-state index in [9.17, 15) is 14.9 Å². The highest BCUT2D eigenvalue weighted by molar-refractivity contribution is 8.06. The summed E-state index contributed by atoms with van der Waals surface area (Å²) in [4.78, 5) is 40.0. The second-order valence-corrected chi connectivity index (χ2v) is 6.56. The van der Waals surface area contributed by atoms with Crippen LogP contribution in [0.3, 0.4) is 0 Å². The minimum Gasteiger partial charge on any atom is -0.459 e. The molecule has 1 aromatic carbocycles. The van der Waals surface area contributed by atoms with Crippen molar-refractivity contribution in [3.05, 3.63) is 33.9 Å². The molecule has 0 saturated heterocycles. The Kier molecular flexibility index (Phi) is 5.18. The molecule has 0 saturated carbocycles. The van der Waals surface area contributed by atoms with E-state index in [4.69, 9.17) is 14.5 Å². The maximum absolute atomic E-state index is 11.8. The summed E-state index contributed by atoms with van der Waals surface area (Å²) in [5.41, 5.74) is -0.564. The number of non-ortho nitro benzene ring substituents is 1. The van der Waals surface area contributed by atoms with Gasteiger partial charge < -0.3 is 19.0 Å². The molecular formula is C10H12NO7PS. The zero-order valence-corrected chi connectivity index (χ0v) is 12.3. The Morgan fingerprint density at radius 1 is 1.45 bits per heavy atom. The maximum Gasteiger partial charge on any atom is 0.375 e. The number of hydrogen-bond acceptors (Lipinski definition) is 6. The number of ether oxygens (including phenoxy) is 1. The standard InChI is InChI=1S/C10H12NO7PS/c1-6(2)17-10(12)8-4-3-7(11(13)14)5-9(8)18-19(15,16)20/h3-6H,1-2H3,(H2,15,16,20). The molecule has 10 heteroatoms. The lowest BCUT2D eigenvalue weighted by atomic mass is 10.2. The largest absolute Gasteiger partial charge is 0.459 e. The quantitative estimate of drug-likeness (QED) is 0.364. The minimum absolute atomic E-state index is 0.179. The number of hydrogen-bond donors (Lipinski definition) is 2. The molecule has 8 nitrogen and oxygen atoms in total. The zero-order valence-electron chi connectivity index (χ0n) is 10.5. The average molecular weight is 321 g/mol. The Balaban J connectivity index is 3.25. The molecule has 1 rings (SSSR count). The first kappa shape index (κ1) is 16.5. The van der Waals surface area contributed by atoms with Crippen LogP contribution >= 0.6 is 6.72 Å². The summed E-state index contributed by atoms with van der Waals surface area (Å²) < 4.78 is 9.58. The topological polar surface area (TPSA) is 119 Å². The van der Waals surface area contributed by atoms with Crippen molar-refractivity contribution in [2.75, 3.05) is 0 Å². The van der Waals surface area contributed by atoms with Crippen molar-refractivity contribution in [3.63, 3.8) is 0 Å². The van der Waals surface area contributed by atoms with Crippen LogP contribution in [0.5, 0.6) is 5.75 Å². The molecule has 20 heavy (non-hydrogen) atoms. The number of esters is 1. The lowest BCUT2D eigenvalue weighted by Crippen LogP contribution is -2.13. The molecule has 0 aliphatic carbocycles. The molecule has 0 unspecified atom stereocenters. The van der Waals surface area contributed by atoms with Crippen molar-refractivity contribution in [1.82, 2.24) is 0 Å². The number of nitrogens with zero attached hydrogens (tertiary/aromatic N) is 1. The van der Waals surface area contributed by atoms with E-state index in [1.165, 1.54) is 0 Å². The first-order valence-electron chi connectivity index (χ1n) is 5.34. The average Bonchev–Trinajstić information content (AvgIpc) is 2.25. The Labute approximate surface area is 119 Å². The van der Waals surface area contributed by atoms with Gasteiger partial charge in [-0.2, -0.15) is 0 Å². The van der Waals surface area contributed by atoms with E-state index in [0.29, 0.717) is 0 Å². The van der Waals surface area contributed by atoms with Crippen LogP contribution in [0.2, 0.25) is 0 Å². The van der Waals surface area contributed by atoms with E-state index in [-0.39, 0.29) is 11.3 Å². The predicted molar refractivity (Wildman–Crippen MR) is 73.0 cm³/mol. The molecule has 1 aromatic rings. The van der Waals surface area contributed by atoms with Crippen molar-refractivity contribution in [1.29, 1.82) is 0 Å². The highest BCUT2D eigenvalue weighted by Gasteiger charge is 2.23. The summed E-state index contributed by atoms with van der Waals surface area (Å²) in [6, 6.07) is 3.05. The van der Waals surface area contributed by atoms with Crippen LogP contribution in [0.4, 0.5) is 5.69 Å². The van der Waals surface area contributed by atoms with Gasteiger partial charge in [-0.05, 0) is 19.9 Å². The molecule has 0 bridgehead atoms. The summed E-state index contributed by atoms with van der Waals surface area (Å²) >= 11 is 4.29. The Morgan fingerprint density at radius 2 is 2.05 bits per heavy atom. The SMILES string of the molecule is CC(C)OC(=O)c1ccc([N+](=O)[O-])cc1OP(O)(O)=S. The van der Waals surface area contributed by atoms with Crippen LogP contribution < -0.4 is 4.52 Å². The fourth-order valence-electron chi connectivity index (χ4n) is 1.27. The molecule has 0 spiro atoms. The van der Waals surface area contributed by atoms with Gasteiger partial charge in [0.1, 0.15) is 5.56 Å². The molecule has 0 heterocycles. The minimum atomic E-state index is -4.14. The normalized spacial score (nSPS) is 11.2. The molecule has 110 valence electrons. The maximum atomic E-state index is 11.8. The van der Waals surface area contributed by atoms with Gasteiger partial charge in [0.25, 0.3) is 5.69 Å². The lowest BCUT2D eigenvalue weighted by molar-refractivity contribution is -0.384. The summed E-state index contributed by atoms with van der Waals surface area (Å²) in [5, 5.41) is 10.7. The van der Waals surface area contributed by atoms with Gasteiger partial charge in [0.05, 0.1) is 17.1 Å². The molecule has 2 N–H and O–H groups in total. The fourth-order valence-corrected chi connectivity index (χ4v) is 1.92. The van der Waals surface area contributed by atoms with Crippen LogP contribution in [0.15, 0.2) is 18.2 Å². The molecule has 0 aliphatic rings. The number of benzene rings is 1. The van der Waals surface area contributed by atoms with E-state index in [1.807, 2.05) is 0 Å². The Hall–Kier alpha value is -1.54. The van der Waals surface area contributed by atoms with Gasteiger partial charge in [-0.3, -0.25) is 10.1 Å². The summed E-state index contributed by atoms with van der Waals surface area (Å²) in [7, 11) is 0. The third-order valence-electron chi connectivity index (χ3n) is 1.96. The molecule has 0 radical (unpaired) electrons. The zero-order chi connectivity index (χ0) is 15.5. The van der Waals surface area contributed by atoms with E-state index in [2.05, 4.69) is 16.3 Å². The van der Waals surface area contributed by atoms with Crippen molar-refractivity contribution in [2.24, 2.45) is 0 Å². The lowest BCUT2D eigenvalue weighted by Gasteiger charge is -2.14. The van der Waals surface area contributed by atoms with Crippen LogP contribution in [0.25, 0.3) is 0 Å². The third kappa shape index (κ3) is 4.86. The summed E-state index contributed by atoms with van der Waals surface area (Å²) in [6.45, 7) is -0.901. The third-order valence-corrected chi connectivity index (χ3v) is 2.61. The van der Waals surface area contributed by atoms with Crippen LogP contribution in [0.1, 0.15) is 24.2 Å². The summed E-state index contributed by atoms with van der Waals surface area (Å²) in [5.74, 6) is -1.22. The first-order chi connectivity index (χ1) is 9.10. The highest BCUT2D eigenvalue weighted by atomic mass is 32.5.